The van der Waals surface area contributed by atoms with E-state index in [0.717, 1.165) is 29.1 Å². The van der Waals surface area contributed by atoms with E-state index in [9.17, 15) is 0 Å². The monoisotopic (exact) mass is 285 g/mol. The molecule has 3 aromatic rings. The largest absolute Gasteiger partial charge is 0.399 e. The van der Waals surface area contributed by atoms with Gasteiger partial charge in [0.25, 0.3) is 0 Å². The lowest BCUT2D eigenvalue weighted by Crippen LogP contribution is -2.06. The minimum Gasteiger partial charge on any atom is -0.399 e. The van der Waals surface area contributed by atoms with Gasteiger partial charge in [0.1, 0.15) is 5.82 Å². The molecule has 0 saturated carbocycles. The van der Waals surface area contributed by atoms with Crippen LogP contribution in [0, 0.1) is 6.92 Å². The molecule has 20 heavy (non-hydrogen) atoms. The first-order valence-electron chi connectivity index (χ1n) is 6.83. The summed E-state index contributed by atoms with van der Waals surface area (Å²) in [7, 11) is 0. The van der Waals surface area contributed by atoms with Crippen molar-refractivity contribution in [3.8, 4) is 0 Å². The van der Waals surface area contributed by atoms with Gasteiger partial charge in [0.05, 0.1) is 17.6 Å². The maximum absolute atomic E-state index is 5.87. The van der Waals surface area contributed by atoms with Gasteiger partial charge in [-0.15, -0.1) is 0 Å². The van der Waals surface area contributed by atoms with Gasteiger partial charge in [-0.2, -0.15) is 11.3 Å². The lowest BCUT2D eigenvalue weighted by molar-refractivity contribution is 0.683. The van der Waals surface area contributed by atoms with Crippen molar-refractivity contribution in [2.45, 2.75) is 33.2 Å². The molecular weight excluding hydrogens is 266 g/mol. The van der Waals surface area contributed by atoms with Crippen molar-refractivity contribution in [3.05, 3.63) is 45.9 Å². The van der Waals surface area contributed by atoms with E-state index in [4.69, 9.17) is 10.7 Å². The lowest BCUT2D eigenvalue weighted by Gasteiger charge is -2.11. The summed E-state index contributed by atoms with van der Waals surface area (Å²) in [4.78, 5) is 4.77. The van der Waals surface area contributed by atoms with Crippen molar-refractivity contribution in [1.82, 2.24) is 9.55 Å². The predicted octanol–water partition coefficient (Wildman–Crippen LogP) is 4.16. The molecule has 0 bridgehead atoms. The summed E-state index contributed by atoms with van der Waals surface area (Å²) in [6, 6.07) is 5.98. The fraction of sp³-hybridized carbons (Fsp3) is 0.312. The Kier molecular flexibility index (Phi) is 3.26. The zero-order valence-corrected chi connectivity index (χ0v) is 12.9. The topological polar surface area (TPSA) is 43.8 Å². The fourth-order valence-corrected chi connectivity index (χ4v) is 3.34. The summed E-state index contributed by atoms with van der Waals surface area (Å²) in [5, 5.41) is 4.42. The van der Waals surface area contributed by atoms with Crippen LogP contribution < -0.4 is 5.73 Å². The number of nitrogen functional groups attached to an aromatic ring is 1. The Morgan fingerprint density at radius 2 is 2.10 bits per heavy atom. The highest BCUT2D eigenvalue weighted by Crippen LogP contribution is 2.26. The van der Waals surface area contributed by atoms with E-state index in [1.54, 1.807) is 11.3 Å². The van der Waals surface area contributed by atoms with Crippen LogP contribution in [0.2, 0.25) is 0 Å². The molecule has 2 aromatic heterocycles. The normalized spacial score (nSPS) is 11.6. The summed E-state index contributed by atoms with van der Waals surface area (Å²) in [5.41, 5.74) is 11.5. The van der Waals surface area contributed by atoms with Crippen molar-refractivity contribution in [1.29, 1.82) is 0 Å². The van der Waals surface area contributed by atoms with Crippen LogP contribution >= 0.6 is 11.3 Å². The number of imidazole rings is 1. The second kappa shape index (κ2) is 4.94. The molecule has 0 fully saturated rings. The van der Waals surface area contributed by atoms with Crippen molar-refractivity contribution in [2.75, 3.05) is 5.73 Å². The van der Waals surface area contributed by atoms with Gasteiger partial charge in [-0.05, 0) is 47.0 Å². The Labute approximate surface area is 123 Å². The maximum atomic E-state index is 5.87. The SMILES string of the molecule is Cc1cscc1Cn1c(C(C)C)nc2cc(N)ccc21. The van der Waals surface area contributed by atoms with E-state index in [0.29, 0.717) is 5.92 Å². The Balaban J connectivity index is 2.16. The van der Waals surface area contributed by atoms with Gasteiger partial charge in [0.15, 0.2) is 0 Å². The van der Waals surface area contributed by atoms with Crippen LogP contribution in [0.25, 0.3) is 11.0 Å². The molecule has 2 N–H and O–H groups in total. The predicted molar refractivity (Wildman–Crippen MR) is 86.4 cm³/mol. The van der Waals surface area contributed by atoms with Crippen LogP contribution in [0.15, 0.2) is 29.0 Å². The minimum atomic E-state index is 0.391. The van der Waals surface area contributed by atoms with Gasteiger partial charge in [0, 0.05) is 11.6 Å². The summed E-state index contributed by atoms with van der Waals surface area (Å²) < 4.78 is 2.31. The second-order valence-corrected chi connectivity index (χ2v) is 6.28. The number of aromatic nitrogens is 2. The number of hydrogen-bond donors (Lipinski definition) is 1. The Bertz CT molecular complexity index is 752. The fourth-order valence-electron chi connectivity index (χ4n) is 2.49. The van der Waals surface area contributed by atoms with E-state index in [1.165, 1.54) is 11.1 Å². The Hall–Kier alpha value is -1.81. The molecule has 104 valence electrons. The Morgan fingerprint density at radius 3 is 2.75 bits per heavy atom. The van der Waals surface area contributed by atoms with E-state index in [-0.39, 0.29) is 0 Å². The number of nitrogens with two attached hydrogens (primary N) is 1. The summed E-state index contributed by atoms with van der Waals surface area (Å²) in [6.07, 6.45) is 0. The highest BCUT2D eigenvalue weighted by molar-refractivity contribution is 7.08. The number of benzene rings is 1. The highest BCUT2D eigenvalue weighted by atomic mass is 32.1. The Morgan fingerprint density at radius 1 is 1.30 bits per heavy atom. The van der Waals surface area contributed by atoms with Crippen LogP contribution in [0.4, 0.5) is 5.69 Å². The quantitative estimate of drug-likeness (QED) is 0.734. The van der Waals surface area contributed by atoms with E-state index < -0.39 is 0 Å². The lowest BCUT2D eigenvalue weighted by atomic mass is 10.2. The molecule has 2 heterocycles. The van der Waals surface area contributed by atoms with Crippen LogP contribution in [-0.2, 0) is 6.54 Å². The molecule has 0 aliphatic heterocycles. The first-order valence-corrected chi connectivity index (χ1v) is 7.78. The molecule has 0 unspecified atom stereocenters. The number of anilines is 1. The molecule has 4 heteroatoms. The average molecular weight is 285 g/mol. The standard InChI is InChI=1S/C16H19N3S/c1-10(2)16-18-14-6-13(17)4-5-15(14)19(16)7-12-9-20-8-11(12)3/h4-6,8-10H,7,17H2,1-3H3. The minimum absolute atomic E-state index is 0.391. The smallest absolute Gasteiger partial charge is 0.112 e. The van der Waals surface area contributed by atoms with Gasteiger partial charge < -0.3 is 10.3 Å². The van der Waals surface area contributed by atoms with Gasteiger partial charge in [-0.1, -0.05) is 13.8 Å². The van der Waals surface area contributed by atoms with Crippen molar-refractivity contribution in [3.63, 3.8) is 0 Å². The summed E-state index contributed by atoms with van der Waals surface area (Å²) >= 11 is 1.76. The number of thiophene rings is 1. The number of aryl methyl sites for hydroxylation is 1. The van der Waals surface area contributed by atoms with E-state index >= 15 is 0 Å². The van der Waals surface area contributed by atoms with E-state index in [1.807, 2.05) is 12.1 Å². The zero-order valence-electron chi connectivity index (χ0n) is 12.1. The summed E-state index contributed by atoms with van der Waals surface area (Å²) in [6.45, 7) is 7.41. The summed E-state index contributed by atoms with van der Waals surface area (Å²) in [5.74, 6) is 1.51. The number of nitrogens with zero attached hydrogens (tertiary/aromatic N) is 2. The molecule has 3 nitrogen and oxygen atoms in total. The van der Waals surface area contributed by atoms with Crippen LogP contribution in [-0.4, -0.2) is 9.55 Å². The first-order chi connectivity index (χ1) is 9.56. The molecular formula is C16H19N3S. The van der Waals surface area contributed by atoms with Crippen molar-refractivity contribution in [2.24, 2.45) is 0 Å². The molecule has 0 amide bonds. The van der Waals surface area contributed by atoms with Gasteiger partial charge >= 0.3 is 0 Å². The van der Waals surface area contributed by atoms with Gasteiger partial charge in [0.2, 0.25) is 0 Å². The van der Waals surface area contributed by atoms with Crippen LogP contribution in [0.1, 0.15) is 36.7 Å². The molecule has 0 atom stereocenters. The van der Waals surface area contributed by atoms with Gasteiger partial charge in [-0.25, -0.2) is 4.98 Å². The van der Waals surface area contributed by atoms with Gasteiger partial charge in [-0.3, -0.25) is 0 Å². The third-order valence-electron chi connectivity index (χ3n) is 3.61. The molecule has 3 rings (SSSR count). The molecule has 0 spiro atoms. The van der Waals surface area contributed by atoms with Crippen molar-refractivity contribution >= 4 is 28.1 Å². The maximum Gasteiger partial charge on any atom is 0.112 e. The number of rotatable bonds is 3. The molecule has 0 aliphatic carbocycles. The molecule has 0 radical (unpaired) electrons. The molecule has 1 aromatic carbocycles. The number of hydrogen-bond acceptors (Lipinski definition) is 3. The zero-order chi connectivity index (χ0) is 14.3. The number of fused-ring (bicyclic) bond motifs is 1. The second-order valence-electron chi connectivity index (χ2n) is 5.54. The van der Waals surface area contributed by atoms with Crippen LogP contribution in [0.5, 0.6) is 0 Å². The third-order valence-corrected chi connectivity index (χ3v) is 4.52. The molecule has 0 aliphatic rings. The average Bonchev–Trinajstić information content (AvgIpc) is 2.95. The van der Waals surface area contributed by atoms with Crippen molar-refractivity contribution < 1.29 is 0 Å². The highest BCUT2D eigenvalue weighted by Gasteiger charge is 2.15. The third kappa shape index (κ3) is 2.20. The van der Waals surface area contributed by atoms with Crippen LogP contribution in [0.3, 0.4) is 0 Å². The first kappa shape index (κ1) is 13.2. The van der Waals surface area contributed by atoms with E-state index in [2.05, 4.69) is 42.2 Å². The molecule has 0 saturated heterocycles.